The van der Waals surface area contributed by atoms with Gasteiger partial charge in [-0.05, 0) is 32.4 Å². The van der Waals surface area contributed by atoms with Gasteiger partial charge in [-0.3, -0.25) is 4.79 Å². The van der Waals surface area contributed by atoms with E-state index in [0.29, 0.717) is 17.7 Å². The summed E-state index contributed by atoms with van der Waals surface area (Å²) in [6.45, 7) is 4.72. The Morgan fingerprint density at radius 2 is 2.06 bits per heavy atom. The Labute approximate surface area is 110 Å². The van der Waals surface area contributed by atoms with Crippen molar-refractivity contribution in [1.29, 1.82) is 0 Å². The number of halogens is 1. The number of aliphatic carboxylic acids is 1. The van der Waals surface area contributed by atoms with Gasteiger partial charge in [0.1, 0.15) is 10.7 Å². The summed E-state index contributed by atoms with van der Waals surface area (Å²) in [7, 11) is 0. The van der Waals surface area contributed by atoms with Crippen LogP contribution in [0.4, 0.5) is 0 Å². The first-order valence-electron chi connectivity index (χ1n) is 5.48. The van der Waals surface area contributed by atoms with Crippen molar-refractivity contribution in [2.24, 2.45) is 0 Å². The Kier molecular flexibility index (Phi) is 4.29. The van der Waals surface area contributed by atoms with Gasteiger partial charge in [0.15, 0.2) is 0 Å². The summed E-state index contributed by atoms with van der Waals surface area (Å²) >= 11 is 5.80. The largest absolute Gasteiger partial charge is 0.480 e. The van der Waals surface area contributed by atoms with E-state index in [1.165, 1.54) is 19.9 Å². The highest BCUT2D eigenvalue weighted by Gasteiger charge is 2.29. The SMILES string of the molecule is CCc1cc(C(=O)NC(C)(C)C(=O)O)cc(Cl)n1. The second kappa shape index (κ2) is 5.35. The van der Waals surface area contributed by atoms with Gasteiger partial charge in [0, 0.05) is 11.3 Å². The Hall–Kier alpha value is -1.62. The number of rotatable bonds is 4. The van der Waals surface area contributed by atoms with Crippen LogP contribution in [0.25, 0.3) is 0 Å². The number of hydrogen-bond acceptors (Lipinski definition) is 3. The summed E-state index contributed by atoms with van der Waals surface area (Å²) in [5, 5.41) is 11.6. The van der Waals surface area contributed by atoms with Crippen LogP contribution in [0.3, 0.4) is 0 Å². The van der Waals surface area contributed by atoms with E-state index in [-0.39, 0.29) is 5.15 Å². The maximum absolute atomic E-state index is 11.9. The number of carbonyl (C=O) groups excluding carboxylic acids is 1. The molecule has 0 spiro atoms. The number of carbonyl (C=O) groups is 2. The molecule has 0 saturated carbocycles. The molecule has 6 heteroatoms. The average Bonchev–Trinajstić information content (AvgIpc) is 2.27. The number of pyridine rings is 1. The molecule has 0 atom stereocenters. The monoisotopic (exact) mass is 270 g/mol. The molecule has 18 heavy (non-hydrogen) atoms. The predicted octanol–water partition coefficient (Wildman–Crippen LogP) is 1.89. The lowest BCUT2D eigenvalue weighted by atomic mass is 10.1. The number of amides is 1. The summed E-state index contributed by atoms with van der Waals surface area (Å²) in [6, 6.07) is 3.01. The second-order valence-electron chi connectivity index (χ2n) is 4.41. The third kappa shape index (κ3) is 3.43. The lowest BCUT2D eigenvalue weighted by Gasteiger charge is -2.21. The smallest absolute Gasteiger partial charge is 0.328 e. The number of carboxylic acid groups (broad SMARTS) is 1. The molecular weight excluding hydrogens is 256 g/mol. The van der Waals surface area contributed by atoms with Crippen LogP contribution in [0.5, 0.6) is 0 Å². The van der Waals surface area contributed by atoms with Crippen LogP contribution in [0.1, 0.15) is 36.8 Å². The molecule has 0 aromatic carbocycles. The molecule has 1 heterocycles. The van der Waals surface area contributed by atoms with Crippen molar-refractivity contribution in [3.05, 3.63) is 28.5 Å². The maximum atomic E-state index is 11.9. The van der Waals surface area contributed by atoms with Crippen molar-refractivity contribution in [2.45, 2.75) is 32.7 Å². The molecule has 1 amide bonds. The highest BCUT2D eigenvalue weighted by molar-refractivity contribution is 6.29. The predicted molar refractivity (Wildman–Crippen MR) is 67.8 cm³/mol. The van der Waals surface area contributed by atoms with E-state index >= 15 is 0 Å². The Bertz CT molecular complexity index is 486. The zero-order valence-corrected chi connectivity index (χ0v) is 11.2. The first-order valence-corrected chi connectivity index (χ1v) is 5.86. The molecular formula is C12H15ClN2O3. The van der Waals surface area contributed by atoms with E-state index < -0.39 is 17.4 Å². The van der Waals surface area contributed by atoms with Gasteiger partial charge in [-0.25, -0.2) is 9.78 Å². The zero-order chi connectivity index (χ0) is 13.9. The van der Waals surface area contributed by atoms with E-state index in [1.54, 1.807) is 6.07 Å². The van der Waals surface area contributed by atoms with Crippen LogP contribution >= 0.6 is 11.6 Å². The molecule has 0 radical (unpaired) electrons. The summed E-state index contributed by atoms with van der Waals surface area (Å²) < 4.78 is 0. The molecule has 98 valence electrons. The molecule has 2 N–H and O–H groups in total. The minimum Gasteiger partial charge on any atom is -0.480 e. The van der Waals surface area contributed by atoms with Crippen LogP contribution in [-0.2, 0) is 11.2 Å². The topological polar surface area (TPSA) is 79.3 Å². The Balaban J connectivity index is 2.98. The lowest BCUT2D eigenvalue weighted by molar-refractivity contribution is -0.143. The first-order chi connectivity index (χ1) is 8.26. The van der Waals surface area contributed by atoms with Crippen molar-refractivity contribution >= 4 is 23.5 Å². The van der Waals surface area contributed by atoms with Crippen LogP contribution in [0.15, 0.2) is 12.1 Å². The zero-order valence-electron chi connectivity index (χ0n) is 10.5. The van der Waals surface area contributed by atoms with Gasteiger partial charge < -0.3 is 10.4 Å². The molecule has 0 bridgehead atoms. The van der Waals surface area contributed by atoms with E-state index in [0.717, 1.165) is 0 Å². The van der Waals surface area contributed by atoms with E-state index in [1.807, 2.05) is 6.92 Å². The van der Waals surface area contributed by atoms with Gasteiger partial charge in [0.05, 0.1) is 0 Å². The van der Waals surface area contributed by atoms with Gasteiger partial charge in [0.25, 0.3) is 5.91 Å². The third-order valence-electron chi connectivity index (χ3n) is 2.43. The second-order valence-corrected chi connectivity index (χ2v) is 4.79. The van der Waals surface area contributed by atoms with Crippen molar-refractivity contribution in [2.75, 3.05) is 0 Å². The number of carboxylic acids is 1. The van der Waals surface area contributed by atoms with Gasteiger partial charge in [-0.1, -0.05) is 18.5 Å². The van der Waals surface area contributed by atoms with Gasteiger partial charge >= 0.3 is 5.97 Å². The minimum atomic E-state index is -1.33. The first kappa shape index (κ1) is 14.4. The number of aryl methyl sites for hydroxylation is 1. The quantitative estimate of drug-likeness (QED) is 0.819. The molecule has 5 nitrogen and oxygen atoms in total. The molecule has 1 aromatic rings. The maximum Gasteiger partial charge on any atom is 0.328 e. The Morgan fingerprint density at radius 1 is 1.44 bits per heavy atom. The fraction of sp³-hybridized carbons (Fsp3) is 0.417. The van der Waals surface area contributed by atoms with Gasteiger partial charge in [-0.15, -0.1) is 0 Å². The summed E-state index contributed by atoms with van der Waals surface area (Å²) in [6.07, 6.45) is 0.642. The summed E-state index contributed by atoms with van der Waals surface area (Å²) in [4.78, 5) is 26.9. The van der Waals surface area contributed by atoms with Crippen LogP contribution in [0, 0.1) is 0 Å². The molecule has 1 rings (SSSR count). The van der Waals surface area contributed by atoms with Crippen molar-refractivity contribution in [3.63, 3.8) is 0 Å². The molecule has 1 aromatic heterocycles. The standard InChI is InChI=1S/C12H15ClN2O3/c1-4-8-5-7(6-9(13)14-8)10(16)15-12(2,3)11(17)18/h5-6H,4H2,1-3H3,(H,15,16)(H,17,18). The molecule has 0 aliphatic heterocycles. The molecule has 0 aliphatic carbocycles. The molecule has 0 aliphatic rings. The fourth-order valence-corrected chi connectivity index (χ4v) is 1.50. The van der Waals surface area contributed by atoms with Gasteiger partial charge in [0.2, 0.25) is 0 Å². The Morgan fingerprint density at radius 3 is 2.56 bits per heavy atom. The minimum absolute atomic E-state index is 0.215. The van der Waals surface area contributed by atoms with E-state index in [4.69, 9.17) is 16.7 Å². The normalized spacial score (nSPS) is 11.1. The van der Waals surface area contributed by atoms with Crippen molar-refractivity contribution < 1.29 is 14.7 Å². The third-order valence-corrected chi connectivity index (χ3v) is 2.63. The highest BCUT2D eigenvalue weighted by atomic mass is 35.5. The van der Waals surface area contributed by atoms with Gasteiger partial charge in [-0.2, -0.15) is 0 Å². The number of nitrogens with zero attached hydrogens (tertiary/aromatic N) is 1. The summed E-state index contributed by atoms with van der Waals surface area (Å²) in [5.41, 5.74) is -0.346. The van der Waals surface area contributed by atoms with E-state index in [9.17, 15) is 9.59 Å². The molecule has 0 unspecified atom stereocenters. The van der Waals surface area contributed by atoms with Crippen LogP contribution < -0.4 is 5.32 Å². The van der Waals surface area contributed by atoms with Crippen molar-refractivity contribution in [1.82, 2.24) is 10.3 Å². The number of hydrogen-bond donors (Lipinski definition) is 2. The highest BCUT2D eigenvalue weighted by Crippen LogP contribution is 2.13. The fourth-order valence-electron chi connectivity index (χ4n) is 1.27. The lowest BCUT2D eigenvalue weighted by Crippen LogP contribution is -2.49. The van der Waals surface area contributed by atoms with E-state index in [2.05, 4.69) is 10.3 Å². The molecule has 0 fully saturated rings. The average molecular weight is 271 g/mol. The van der Waals surface area contributed by atoms with Crippen LogP contribution in [-0.4, -0.2) is 27.5 Å². The van der Waals surface area contributed by atoms with Crippen LogP contribution in [0.2, 0.25) is 5.15 Å². The molecule has 0 saturated heterocycles. The number of nitrogens with one attached hydrogen (secondary N) is 1. The summed E-state index contributed by atoms with van der Waals surface area (Å²) in [5.74, 6) is -1.59. The van der Waals surface area contributed by atoms with Crippen molar-refractivity contribution in [3.8, 4) is 0 Å². The number of aromatic nitrogens is 1.